The molecular formula is C6H2Br2F2Mg. The van der Waals surface area contributed by atoms with Crippen LogP contribution in [0.1, 0.15) is 0 Å². The largest absolute Gasteiger partial charge is 2.00 e. The van der Waals surface area contributed by atoms with E-state index in [1.165, 1.54) is 0 Å². The van der Waals surface area contributed by atoms with Gasteiger partial charge in [-0.25, -0.2) is 4.39 Å². The molecule has 0 atom stereocenters. The van der Waals surface area contributed by atoms with Crippen molar-refractivity contribution in [2.24, 2.45) is 0 Å². The second-order valence-electron chi connectivity index (χ2n) is 1.48. The zero-order valence-electron chi connectivity index (χ0n) is 5.37. The van der Waals surface area contributed by atoms with Gasteiger partial charge in [0.05, 0.1) is 5.82 Å². The van der Waals surface area contributed by atoms with Crippen molar-refractivity contribution in [2.75, 3.05) is 0 Å². The molecule has 0 aliphatic rings. The van der Waals surface area contributed by atoms with Gasteiger partial charge in [-0.1, -0.05) is 20.4 Å². The summed E-state index contributed by atoms with van der Waals surface area (Å²) in [7, 11) is 0. The average Bonchev–Trinajstić information content (AvgIpc) is 1.80. The van der Waals surface area contributed by atoms with Crippen molar-refractivity contribution in [1.82, 2.24) is 0 Å². The Bertz CT molecular complexity index is 230. The van der Waals surface area contributed by atoms with Gasteiger partial charge in [0.25, 0.3) is 0 Å². The van der Waals surface area contributed by atoms with Crippen molar-refractivity contribution < 1.29 is 25.8 Å². The number of hydrogen-bond donors (Lipinski definition) is 0. The predicted octanol–water partition coefficient (Wildman–Crippen LogP) is -0.849. The first-order valence-electron chi connectivity index (χ1n) is 2.22. The molecule has 11 heavy (non-hydrogen) atoms. The van der Waals surface area contributed by atoms with Crippen molar-refractivity contribution in [3.8, 4) is 0 Å². The summed E-state index contributed by atoms with van der Waals surface area (Å²) in [5.74, 6) is -1.74. The fourth-order valence-corrected chi connectivity index (χ4v) is 0.739. The summed E-state index contributed by atoms with van der Waals surface area (Å²) in [6.45, 7) is 0. The van der Waals surface area contributed by atoms with Gasteiger partial charge in [-0.05, 0) is 0 Å². The third-order valence-corrected chi connectivity index (χ3v) is 1.28. The van der Waals surface area contributed by atoms with Crippen LogP contribution in [0.15, 0.2) is 16.6 Å². The fraction of sp³-hybridized carbons (Fsp3) is 0. The molecule has 1 aromatic rings. The monoisotopic (exact) mass is 294 g/mol. The Labute approximate surface area is 98.4 Å². The van der Waals surface area contributed by atoms with Gasteiger partial charge in [0, 0.05) is 5.82 Å². The Kier molecular flexibility index (Phi) is 8.26. The van der Waals surface area contributed by atoms with E-state index in [1.807, 2.05) is 0 Å². The molecule has 0 amide bonds. The summed E-state index contributed by atoms with van der Waals surface area (Å²) in [4.78, 5) is 0. The van der Waals surface area contributed by atoms with E-state index in [9.17, 15) is 8.78 Å². The van der Waals surface area contributed by atoms with E-state index in [4.69, 9.17) is 0 Å². The summed E-state index contributed by atoms with van der Waals surface area (Å²) in [6, 6.07) is 4.41. The van der Waals surface area contributed by atoms with Gasteiger partial charge < -0.3 is 17.0 Å². The van der Waals surface area contributed by atoms with Gasteiger partial charge in [-0.2, -0.15) is 6.07 Å². The summed E-state index contributed by atoms with van der Waals surface area (Å²) in [6.07, 6.45) is 0. The van der Waals surface area contributed by atoms with Crippen LogP contribution in [-0.2, 0) is 0 Å². The summed E-state index contributed by atoms with van der Waals surface area (Å²) < 4.78 is 24.6. The van der Waals surface area contributed by atoms with Gasteiger partial charge in [-0.15, -0.1) is 12.1 Å². The smallest absolute Gasteiger partial charge is 1.00 e. The molecular weight excluding hydrogens is 294 g/mol. The number of hydrogen-bond acceptors (Lipinski definition) is 0. The molecule has 0 saturated carbocycles. The predicted molar refractivity (Wildman–Crippen MR) is 38.6 cm³/mol. The third kappa shape index (κ3) is 4.40. The van der Waals surface area contributed by atoms with Crippen LogP contribution in [0.3, 0.4) is 0 Å². The first-order valence-corrected chi connectivity index (χ1v) is 3.01. The maximum Gasteiger partial charge on any atom is 2.00 e. The minimum absolute atomic E-state index is 0. The number of rotatable bonds is 0. The second kappa shape index (κ2) is 6.34. The van der Waals surface area contributed by atoms with Crippen LogP contribution in [0.4, 0.5) is 8.78 Å². The fourth-order valence-electron chi connectivity index (χ4n) is 0.423. The van der Waals surface area contributed by atoms with Crippen molar-refractivity contribution >= 4 is 39.0 Å². The zero-order valence-corrected chi connectivity index (χ0v) is 9.96. The molecule has 56 valence electrons. The van der Waals surface area contributed by atoms with Crippen LogP contribution in [0.5, 0.6) is 0 Å². The molecule has 0 N–H and O–H groups in total. The molecule has 0 fully saturated rings. The van der Waals surface area contributed by atoms with E-state index in [1.54, 1.807) is 0 Å². The molecule has 1 rings (SSSR count). The Morgan fingerprint density at radius 3 is 2.18 bits per heavy atom. The number of halogens is 4. The third-order valence-electron chi connectivity index (χ3n) is 0.818. The molecule has 0 aromatic heterocycles. The number of benzene rings is 1. The van der Waals surface area contributed by atoms with Crippen LogP contribution in [0.25, 0.3) is 0 Å². The molecule has 0 spiro atoms. The Hall–Kier alpha value is 0.806. The van der Waals surface area contributed by atoms with Gasteiger partial charge in [0.15, 0.2) is 0 Å². The van der Waals surface area contributed by atoms with E-state index < -0.39 is 11.6 Å². The standard InChI is InChI=1S/C6H2BrF2.BrH.Mg/c7-4-1-2-5(8)6(9)3-4;;/h2-3H;1H;/q-1;;+2/p-1. The van der Waals surface area contributed by atoms with Gasteiger partial charge >= 0.3 is 23.1 Å². The zero-order chi connectivity index (χ0) is 6.85. The van der Waals surface area contributed by atoms with Crippen LogP contribution in [-0.4, -0.2) is 23.1 Å². The quantitative estimate of drug-likeness (QED) is 0.332. The first-order chi connectivity index (χ1) is 4.20. The summed E-state index contributed by atoms with van der Waals surface area (Å²) >= 11 is 2.93. The molecule has 0 aliphatic heterocycles. The van der Waals surface area contributed by atoms with Gasteiger partial charge in [0.1, 0.15) is 0 Å². The Morgan fingerprint density at radius 2 is 1.82 bits per heavy atom. The summed E-state index contributed by atoms with van der Waals surface area (Å²) in [5.41, 5.74) is 0. The molecule has 0 unspecified atom stereocenters. The van der Waals surface area contributed by atoms with Gasteiger partial charge in [-0.3, -0.25) is 4.39 Å². The van der Waals surface area contributed by atoms with E-state index in [2.05, 4.69) is 22.0 Å². The SMILES string of the molecule is Fc1c[c-]c(Br)cc1F.[Br-].[Mg+2]. The molecule has 0 saturated heterocycles. The molecule has 0 aliphatic carbocycles. The van der Waals surface area contributed by atoms with E-state index >= 15 is 0 Å². The van der Waals surface area contributed by atoms with Gasteiger partial charge in [0.2, 0.25) is 0 Å². The molecule has 0 bridgehead atoms. The average molecular weight is 296 g/mol. The Balaban J connectivity index is 0. The van der Waals surface area contributed by atoms with Crippen molar-refractivity contribution in [3.63, 3.8) is 0 Å². The van der Waals surface area contributed by atoms with Crippen LogP contribution in [0.2, 0.25) is 0 Å². The van der Waals surface area contributed by atoms with Crippen LogP contribution >= 0.6 is 15.9 Å². The maximum absolute atomic E-state index is 12.2. The maximum atomic E-state index is 12.2. The normalized spacial score (nSPS) is 7.91. The second-order valence-corrected chi connectivity index (χ2v) is 2.33. The topological polar surface area (TPSA) is 0 Å². The van der Waals surface area contributed by atoms with Crippen LogP contribution < -0.4 is 17.0 Å². The molecule has 1 aromatic carbocycles. The molecule has 0 radical (unpaired) electrons. The van der Waals surface area contributed by atoms with Crippen molar-refractivity contribution in [2.45, 2.75) is 0 Å². The van der Waals surface area contributed by atoms with Crippen molar-refractivity contribution in [3.05, 3.63) is 34.3 Å². The van der Waals surface area contributed by atoms with Crippen molar-refractivity contribution in [1.29, 1.82) is 0 Å². The minimum Gasteiger partial charge on any atom is -1.00 e. The van der Waals surface area contributed by atoms with E-state index in [0.29, 0.717) is 4.47 Å². The molecule has 0 nitrogen and oxygen atoms in total. The minimum atomic E-state index is -0.877. The van der Waals surface area contributed by atoms with Crippen LogP contribution in [0, 0.1) is 17.7 Å². The molecule has 5 heteroatoms. The van der Waals surface area contributed by atoms with E-state index in [-0.39, 0.29) is 40.0 Å². The first kappa shape index (κ1) is 14.3. The Morgan fingerprint density at radius 1 is 1.27 bits per heavy atom. The van der Waals surface area contributed by atoms with E-state index in [0.717, 1.165) is 12.1 Å². The molecule has 0 heterocycles. The summed E-state index contributed by atoms with van der Waals surface area (Å²) in [5, 5.41) is 0.